The summed E-state index contributed by atoms with van der Waals surface area (Å²) in [4.78, 5) is 4.86. The van der Waals surface area contributed by atoms with E-state index in [9.17, 15) is 5.11 Å². The summed E-state index contributed by atoms with van der Waals surface area (Å²) in [5.41, 5.74) is 2.20. The number of aromatic nitrogens is 2. The molecule has 0 amide bonds. The van der Waals surface area contributed by atoms with Gasteiger partial charge in [0.1, 0.15) is 5.82 Å². The van der Waals surface area contributed by atoms with Crippen LogP contribution in [0.5, 0.6) is 0 Å². The molecule has 3 nitrogen and oxygen atoms in total. The Balaban J connectivity index is 0.00000400. The second-order valence-electron chi connectivity index (χ2n) is 5.75. The Labute approximate surface area is 136 Å². The molecule has 1 heterocycles. The van der Waals surface area contributed by atoms with Gasteiger partial charge < -0.3 is 9.67 Å². The van der Waals surface area contributed by atoms with Crippen molar-refractivity contribution in [2.75, 3.05) is 0 Å². The van der Waals surface area contributed by atoms with E-state index in [1.165, 1.54) is 31.5 Å². The molecule has 1 N–H and O–H groups in total. The molecule has 1 aromatic rings. The number of aryl methyl sites for hydroxylation is 2. The number of nitrogens with zero attached hydrogens (tertiary/aromatic N) is 2. The molecule has 1 aromatic heterocycles. The van der Waals surface area contributed by atoms with E-state index in [4.69, 9.17) is 4.98 Å². The number of aliphatic hydroxyl groups excluding tert-OH is 1. The van der Waals surface area contributed by atoms with Crippen LogP contribution in [0.1, 0.15) is 89.5 Å². The first-order valence-corrected chi connectivity index (χ1v) is 8.41. The van der Waals surface area contributed by atoms with E-state index in [2.05, 4.69) is 25.3 Å². The van der Waals surface area contributed by atoms with E-state index in [0.29, 0.717) is 0 Å². The third-order valence-corrected chi connectivity index (χ3v) is 3.81. The average molecular weight is 317 g/mol. The molecular formula is C17H33ClN2O. The predicted octanol–water partition coefficient (Wildman–Crippen LogP) is 4.84. The van der Waals surface area contributed by atoms with Gasteiger partial charge in [0.25, 0.3) is 0 Å². The van der Waals surface area contributed by atoms with Crippen molar-refractivity contribution in [3.05, 3.63) is 17.2 Å². The van der Waals surface area contributed by atoms with Crippen molar-refractivity contribution in [1.29, 1.82) is 0 Å². The van der Waals surface area contributed by atoms with Crippen molar-refractivity contribution >= 4 is 12.4 Å². The molecule has 1 unspecified atom stereocenters. The molecule has 0 spiro atoms. The van der Waals surface area contributed by atoms with Gasteiger partial charge in [0.2, 0.25) is 0 Å². The highest BCUT2D eigenvalue weighted by Crippen LogP contribution is 2.23. The van der Waals surface area contributed by atoms with E-state index >= 15 is 0 Å². The lowest BCUT2D eigenvalue weighted by atomic mass is 10.1. The first-order chi connectivity index (χ1) is 9.65. The Kier molecular flexibility index (Phi) is 10.8. The minimum atomic E-state index is -0.415. The van der Waals surface area contributed by atoms with Crippen molar-refractivity contribution in [3.8, 4) is 0 Å². The van der Waals surface area contributed by atoms with Gasteiger partial charge in [-0.2, -0.15) is 0 Å². The van der Waals surface area contributed by atoms with Gasteiger partial charge in [-0.1, -0.05) is 40.0 Å². The molecule has 1 atom stereocenters. The fraction of sp³-hybridized carbons (Fsp3) is 0.824. The molecule has 1 rings (SSSR count). The summed E-state index contributed by atoms with van der Waals surface area (Å²) < 4.78 is 2.30. The van der Waals surface area contributed by atoms with Crippen LogP contribution >= 0.6 is 12.4 Å². The Bertz CT molecular complexity index is 388. The van der Waals surface area contributed by atoms with Crippen LogP contribution in [-0.4, -0.2) is 14.7 Å². The van der Waals surface area contributed by atoms with Crippen LogP contribution in [0.4, 0.5) is 0 Å². The van der Waals surface area contributed by atoms with Crippen LogP contribution in [0, 0.1) is 0 Å². The van der Waals surface area contributed by atoms with Gasteiger partial charge in [0.15, 0.2) is 0 Å². The number of aliphatic hydroxyl groups is 1. The minimum absolute atomic E-state index is 0. The van der Waals surface area contributed by atoms with E-state index in [1.54, 1.807) is 0 Å². The zero-order chi connectivity index (χ0) is 15.0. The molecule has 4 heteroatoms. The van der Waals surface area contributed by atoms with E-state index in [1.807, 2.05) is 6.92 Å². The van der Waals surface area contributed by atoms with Gasteiger partial charge >= 0.3 is 0 Å². The van der Waals surface area contributed by atoms with Crippen molar-refractivity contribution in [3.63, 3.8) is 0 Å². The van der Waals surface area contributed by atoms with Crippen molar-refractivity contribution in [2.24, 2.45) is 0 Å². The molecule has 0 aliphatic heterocycles. The van der Waals surface area contributed by atoms with Gasteiger partial charge in [-0.05, 0) is 32.6 Å². The summed E-state index contributed by atoms with van der Waals surface area (Å²) in [6.45, 7) is 9.50. The SMILES string of the molecule is CCCCc1nc(CCCC)n(CCCC)c1C(C)O.Cl. The zero-order valence-electron chi connectivity index (χ0n) is 14.2. The lowest BCUT2D eigenvalue weighted by Gasteiger charge is -2.14. The summed E-state index contributed by atoms with van der Waals surface area (Å²) >= 11 is 0. The number of hydrogen-bond donors (Lipinski definition) is 1. The van der Waals surface area contributed by atoms with Gasteiger partial charge in [0, 0.05) is 13.0 Å². The summed E-state index contributed by atoms with van der Waals surface area (Å²) in [5, 5.41) is 10.2. The van der Waals surface area contributed by atoms with Gasteiger partial charge in [-0.25, -0.2) is 4.98 Å². The van der Waals surface area contributed by atoms with E-state index < -0.39 is 6.10 Å². The fourth-order valence-electron chi connectivity index (χ4n) is 2.65. The van der Waals surface area contributed by atoms with Crippen molar-refractivity contribution < 1.29 is 5.11 Å². The van der Waals surface area contributed by atoms with Gasteiger partial charge in [-0.15, -0.1) is 12.4 Å². The lowest BCUT2D eigenvalue weighted by Crippen LogP contribution is -2.11. The van der Waals surface area contributed by atoms with E-state index in [0.717, 1.165) is 43.6 Å². The Morgan fingerprint density at radius 3 is 2.10 bits per heavy atom. The Morgan fingerprint density at radius 2 is 1.57 bits per heavy atom. The van der Waals surface area contributed by atoms with Crippen LogP contribution in [0.15, 0.2) is 0 Å². The van der Waals surface area contributed by atoms with Gasteiger partial charge in [0.05, 0.1) is 17.5 Å². The maximum absolute atomic E-state index is 10.2. The summed E-state index contributed by atoms with van der Waals surface area (Å²) in [7, 11) is 0. The Morgan fingerprint density at radius 1 is 1.00 bits per heavy atom. The quantitative estimate of drug-likeness (QED) is 0.670. The topological polar surface area (TPSA) is 38.0 Å². The molecule has 0 saturated heterocycles. The molecule has 0 saturated carbocycles. The average Bonchev–Trinajstić information content (AvgIpc) is 2.78. The molecular weight excluding hydrogens is 284 g/mol. The molecule has 124 valence electrons. The van der Waals surface area contributed by atoms with Crippen LogP contribution in [0.25, 0.3) is 0 Å². The van der Waals surface area contributed by atoms with Gasteiger partial charge in [-0.3, -0.25) is 0 Å². The largest absolute Gasteiger partial charge is 0.387 e. The van der Waals surface area contributed by atoms with Crippen LogP contribution in [-0.2, 0) is 19.4 Å². The molecule has 0 radical (unpaired) electrons. The minimum Gasteiger partial charge on any atom is -0.387 e. The number of halogens is 1. The second kappa shape index (κ2) is 11.1. The molecule has 0 aliphatic rings. The highest BCUT2D eigenvalue weighted by molar-refractivity contribution is 5.85. The number of hydrogen-bond acceptors (Lipinski definition) is 2. The van der Waals surface area contributed by atoms with E-state index in [-0.39, 0.29) is 12.4 Å². The predicted molar refractivity (Wildman–Crippen MR) is 92.2 cm³/mol. The van der Waals surface area contributed by atoms with Crippen LogP contribution < -0.4 is 0 Å². The number of unbranched alkanes of at least 4 members (excludes halogenated alkanes) is 3. The summed E-state index contributed by atoms with van der Waals surface area (Å²) in [5.74, 6) is 1.18. The maximum atomic E-state index is 10.2. The zero-order valence-corrected chi connectivity index (χ0v) is 15.0. The third-order valence-electron chi connectivity index (χ3n) is 3.81. The van der Waals surface area contributed by atoms with Crippen molar-refractivity contribution in [1.82, 2.24) is 9.55 Å². The standard InChI is InChI=1S/C17H32N2O.ClH/c1-5-8-11-15-17(14(4)20)19(13-10-7-3)16(18-15)12-9-6-2;/h14,20H,5-13H2,1-4H3;1H. The molecule has 0 fully saturated rings. The smallest absolute Gasteiger partial charge is 0.109 e. The first-order valence-electron chi connectivity index (χ1n) is 8.41. The lowest BCUT2D eigenvalue weighted by molar-refractivity contribution is 0.187. The molecule has 0 bridgehead atoms. The molecule has 0 aliphatic carbocycles. The Hall–Kier alpha value is -0.540. The number of rotatable bonds is 10. The molecule has 0 aromatic carbocycles. The number of imidazole rings is 1. The third kappa shape index (κ3) is 5.99. The van der Waals surface area contributed by atoms with Crippen LogP contribution in [0.3, 0.4) is 0 Å². The first kappa shape index (κ1) is 20.5. The monoisotopic (exact) mass is 316 g/mol. The maximum Gasteiger partial charge on any atom is 0.109 e. The summed E-state index contributed by atoms with van der Waals surface area (Å²) in [6, 6.07) is 0. The van der Waals surface area contributed by atoms with Crippen LogP contribution in [0.2, 0.25) is 0 Å². The second-order valence-corrected chi connectivity index (χ2v) is 5.75. The highest BCUT2D eigenvalue weighted by atomic mass is 35.5. The molecule has 21 heavy (non-hydrogen) atoms. The van der Waals surface area contributed by atoms with Crippen molar-refractivity contribution in [2.45, 2.75) is 91.7 Å². The summed E-state index contributed by atoms with van der Waals surface area (Å²) in [6.07, 6.45) is 8.63. The highest BCUT2D eigenvalue weighted by Gasteiger charge is 2.19. The fourth-order valence-corrected chi connectivity index (χ4v) is 2.65. The normalized spacial score (nSPS) is 12.2.